The Hall–Kier alpha value is -1.64. The molecule has 0 saturated carbocycles. The first-order valence-corrected chi connectivity index (χ1v) is 4.76. The minimum atomic E-state index is 0.316. The van der Waals surface area contributed by atoms with E-state index in [-0.39, 0.29) is 0 Å². The van der Waals surface area contributed by atoms with Crippen molar-refractivity contribution in [2.75, 3.05) is 12.3 Å². The number of rotatable bonds is 3. The fourth-order valence-corrected chi connectivity index (χ4v) is 1.35. The van der Waals surface area contributed by atoms with Crippen molar-refractivity contribution in [1.29, 1.82) is 0 Å². The van der Waals surface area contributed by atoms with Crippen molar-refractivity contribution in [3.63, 3.8) is 0 Å². The van der Waals surface area contributed by atoms with Crippen LogP contribution in [0.2, 0.25) is 5.02 Å². The Labute approximate surface area is 93.0 Å². The highest BCUT2D eigenvalue weighted by molar-refractivity contribution is 6.33. The van der Waals surface area contributed by atoms with E-state index in [0.29, 0.717) is 17.3 Å². The number of nitrogens with two attached hydrogens (primary N) is 1. The van der Waals surface area contributed by atoms with Gasteiger partial charge >= 0.3 is 0 Å². The average molecular weight is 223 g/mol. The van der Waals surface area contributed by atoms with Gasteiger partial charge < -0.3 is 5.73 Å². The molecule has 0 bridgehead atoms. The summed E-state index contributed by atoms with van der Waals surface area (Å²) >= 11 is 6.08. The average Bonchev–Trinajstić information content (AvgIpc) is 2.24. The van der Waals surface area contributed by atoms with Crippen LogP contribution in [0.3, 0.4) is 0 Å². The van der Waals surface area contributed by atoms with Crippen LogP contribution in [0.25, 0.3) is 16.5 Å². The fourth-order valence-electron chi connectivity index (χ4n) is 1.11. The lowest BCUT2D eigenvalue weighted by molar-refractivity contribution is 1.22. The summed E-state index contributed by atoms with van der Waals surface area (Å²) in [6, 6.07) is 3.63. The first-order chi connectivity index (χ1) is 7.16. The van der Waals surface area contributed by atoms with Crippen LogP contribution in [0, 0.1) is 6.92 Å². The van der Waals surface area contributed by atoms with Crippen LogP contribution in [0.15, 0.2) is 23.3 Å². The second-order valence-corrected chi connectivity index (χ2v) is 3.38. The summed E-state index contributed by atoms with van der Waals surface area (Å²) in [6.07, 6.45) is 3.56. The second kappa shape index (κ2) is 5.29. The van der Waals surface area contributed by atoms with Gasteiger partial charge in [0.15, 0.2) is 0 Å². The van der Waals surface area contributed by atoms with E-state index < -0.39 is 0 Å². The molecule has 15 heavy (non-hydrogen) atoms. The van der Waals surface area contributed by atoms with E-state index >= 15 is 0 Å². The summed E-state index contributed by atoms with van der Waals surface area (Å²) in [7, 11) is 0. The molecular formula is C10H11ClN4. The molecule has 4 nitrogen and oxygen atoms in total. The molecule has 0 spiro atoms. The lowest BCUT2D eigenvalue weighted by atomic mass is 10.1. The molecule has 78 valence electrons. The van der Waals surface area contributed by atoms with Crippen LogP contribution in [-0.4, -0.2) is 6.54 Å². The molecule has 0 amide bonds. The van der Waals surface area contributed by atoms with Crippen molar-refractivity contribution < 1.29 is 0 Å². The summed E-state index contributed by atoms with van der Waals surface area (Å²) in [5.74, 6) is 0. The van der Waals surface area contributed by atoms with Gasteiger partial charge in [-0.1, -0.05) is 34.9 Å². The summed E-state index contributed by atoms with van der Waals surface area (Å²) in [5.41, 5.74) is 16.2. The predicted molar refractivity (Wildman–Crippen MR) is 63.6 cm³/mol. The van der Waals surface area contributed by atoms with Gasteiger partial charge in [0.2, 0.25) is 0 Å². The van der Waals surface area contributed by atoms with Crippen LogP contribution in [0.5, 0.6) is 0 Å². The molecule has 1 aromatic rings. The SMILES string of the molecule is Cc1c(N)ccc(C=CCN=[N+]=[N-])c1Cl. The van der Waals surface area contributed by atoms with Gasteiger partial charge in [-0.2, -0.15) is 0 Å². The Morgan fingerprint density at radius 1 is 1.60 bits per heavy atom. The Bertz CT molecular complexity index is 433. The van der Waals surface area contributed by atoms with E-state index in [2.05, 4.69) is 10.0 Å². The Balaban J connectivity index is 2.91. The molecule has 5 heteroatoms. The monoisotopic (exact) mass is 222 g/mol. The molecule has 0 radical (unpaired) electrons. The maximum absolute atomic E-state index is 8.08. The molecule has 1 rings (SSSR count). The molecule has 0 heterocycles. The highest BCUT2D eigenvalue weighted by Gasteiger charge is 2.02. The Morgan fingerprint density at radius 2 is 2.33 bits per heavy atom. The molecule has 0 saturated heterocycles. The van der Waals surface area contributed by atoms with Crippen molar-refractivity contribution in [3.05, 3.63) is 44.8 Å². The van der Waals surface area contributed by atoms with E-state index in [1.165, 1.54) is 0 Å². The van der Waals surface area contributed by atoms with Crippen molar-refractivity contribution in [1.82, 2.24) is 0 Å². The van der Waals surface area contributed by atoms with Gasteiger partial charge in [0.05, 0.1) is 5.02 Å². The maximum atomic E-state index is 8.08. The molecule has 0 atom stereocenters. The van der Waals surface area contributed by atoms with Gasteiger partial charge in [0.1, 0.15) is 0 Å². The lowest BCUT2D eigenvalue weighted by Gasteiger charge is -2.05. The molecule has 2 N–H and O–H groups in total. The molecule has 0 fully saturated rings. The van der Waals surface area contributed by atoms with E-state index in [1.54, 1.807) is 12.1 Å². The maximum Gasteiger partial charge on any atom is 0.0527 e. The quantitative estimate of drug-likeness (QED) is 0.361. The van der Waals surface area contributed by atoms with E-state index in [0.717, 1.165) is 11.1 Å². The van der Waals surface area contributed by atoms with Crippen LogP contribution < -0.4 is 5.73 Å². The smallest absolute Gasteiger partial charge is 0.0527 e. The minimum absolute atomic E-state index is 0.316. The van der Waals surface area contributed by atoms with Crippen molar-refractivity contribution in [2.45, 2.75) is 6.92 Å². The normalized spacial score (nSPS) is 10.3. The Kier molecular flexibility index (Phi) is 4.03. The first-order valence-electron chi connectivity index (χ1n) is 4.38. The summed E-state index contributed by atoms with van der Waals surface area (Å²) in [4.78, 5) is 2.64. The second-order valence-electron chi connectivity index (χ2n) is 3.00. The molecule has 0 unspecified atom stereocenters. The number of halogens is 1. The number of anilines is 1. The largest absolute Gasteiger partial charge is 0.398 e. The fraction of sp³-hybridized carbons (Fsp3) is 0.200. The highest BCUT2D eigenvalue weighted by atomic mass is 35.5. The van der Waals surface area contributed by atoms with Gasteiger partial charge in [0, 0.05) is 17.1 Å². The zero-order valence-corrected chi connectivity index (χ0v) is 9.07. The number of nitrogens with zero attached hydrogens (tertiary/aromatic N) is 3. The number of azide groups is 1. The molecule has 0 aliphatic rings. The Morgan fingerprint density at radius 3 is 3.00 bits per heavy atom. The van der Waals surface area contributed by atoms with Crippen LogP contribution in [0.4, 0.5) is 5.69 Å². The predicted octanol–water partition coefficient (Wildman–Crippen LogP) is 3.55. The summed E-state index contributed by atoms with van der Waals surface area (Å²) in [5, 5.41) is 4.01. The molecule has 0 aromatic heterocycles. The van der Waals surface area contributed by atoms with Gasteiger partial charge in [-0.05, 0) is 29.6 Å². The zero-order chi connectivity index (χ0) is 11.3. The van der Waals surface area contributed by atoms with Gasteiger partial charge in [0.25, 0.3) is 0 Å². The first kappa shape index (κ1) is 11.4. The van der Waals surface area contributed by atoms with Crippen LogP contribution >= 0.6 is 11.6 Å². The van der Waals surface area contributed by atoms with Crippen molar-refractivity contribution >= 4 is 23.4 Å². The summed E-state index contributed by atoms with van der Waals surface area (Å²) in [6.45, 7) is 2.18. The number of nitrogen functional groups attached to an aromatic ring is 1. The third kappa shape index (κ3) is 2.91. The number of hydrogen-bond acceptors (Lipinski definition) is 2. The molecule has 0 aliphatic heterocycles. The third-order valence-corrected chi connectivity index (χ3v) is 2.51. The highest BCUT2D eigenvalue weighted by Crippen LogP contribution is 2.26. The third-order valence-electron chi connectivity index (χ3n) is 2.01. The van der Waals surface area contributed by atoms with Crippen molar-refractivity contribution in [2.24, 2.45) is 5.11 Å². The lowest BCUT2D eigenvalue weighted by Crippen LogP contribution is -1.91. The van der Waals surface area contributed by atoms with Crippen LogP contribution in [-0.2, 0) is 0 Å². The van der Waals surface area contributed by atoms with E-state index in [9.17, 15) is 0 Å². The van der Waals surface area contributed by atoms with Crippen LogP contribution in [0.1, 0.15) is 11.1 Å². The van der Waals surface area contributed by atoms with Gasteiger partial charge in [-0.3, -0.25) is 0 Å². The topological polar surface area (TPSA) is 74.8 Å². The minimum Gasteiger partial charge on any atom is -0.398 e. The number of benzene rings is 1. The van der Waals surface area contributed by atoms with E-state index in [1.807, 2.05) is 19.1 Å². The number of hydrogen-bond donors (Lipinski definition) is 1. The van der Waals surface area contributed by atoms with Gasteiger partial charge in [-0.25, -0.2) is 0 Å². The van der Waals surface area contributed by atoms with Gasteiger partial charge in [-0.15, -0.1) is 0 Å². The molecule has 0 aliphatic carbocycles. The van der Waals surface area contributed by atoms with E-state index in [4.69, 9.17) is 22.9 Å². The molecule has 1 aromatic carbocycles. The molecular weight excluding hydrogens is 212 g/mol. The summed E-state index contributed by atoms with van der Waals surface area (Å²) < 4.78 is 0. The zero-order valence-electron chi connectivity index (χ0n) is 8.31. The standard InChI is InChI=1S/C10H11ClN4/c1-7-9(12)5-4-8(10(7)11)3-2-6-14-15-13/h2-5H,6,12H2,1H3. The van der Waals surface area contributed by atoms with Crippen molar-refractivity contribution in [3.8, 4) is 0 Å².